The molecule has 1 amide bonds. The topological polar surface area (TPSA) is 96.1 Å². The molecule has 176 valence electrons. The van der Waals surface area contributed by atoms with Gasteiger partial charge in [-0.25, -0.2) is 14.2 Å². The van der Waals surface area contributed by atoms with Crippen LogP contribution in [0.2, 0.25) is 0 Å². The second-order valence-corrected chi connectivity index (χ2v) is 7.83. The number of oxazole rings is 1. The van der Waals surface area contributed by atoms with Gasteiger partial charge in [0.05, 0.1) is 13.7 Å². The molecule has 0 spiro atoms. The predicted octanol–water partition coefficient (Wildman–Crippen LogP) is 3.30. The lowest BCUT2D eigenvalue weighted by molar-refractivity contribution is -0.127. The number of benzene rings is 2. The maximum absolute atomic E-state index is 13.5. The number of amides is 1. The zero-order chi connectivity index (χ0) is 24.1. The van der Waals surface area contributed by atoms with Gasteiger partial charge >= 0.3 is 5.97 Å². The molecule has 2 aromatic carbocycles. The highest BCUT2D eigenvalue weighted by molar-refractivity contribution is 5.99. The summed E-state index contributed by atoms with van der Waals surface area (Å²) in [6.07, 6.45) is 2.70. The average molecular weight is 465 g/mol. The smallest absolute Gasteiger partial charge is 0.357 e. The van der Waals surface area contributed by atoms with Gasteiger partial charge in [-0.1, -0.05) is 24.3 Å². The lowest BCUT2D eigenvalue weighted by atomic mass is 9.97. The summed E-state index contributed by atoms with van der Waals surface area (Å²) in [7, 11) is 1.59. The van der Waals surface area contributed by atoms with Gasteiger partial charge in [-0.15, -0.1) is 0 Å². The van der Waals surface area contributed by atoms with Crippen LogP contribution in [-0.4, -0.2) is 65.1 Å². The lowest BCUT2D eigenvalue weighted by Gasteiger charge is -2.33. The molecule has 8 nitrogen and oxygen atoms in total. The van der Waals surface area contributed by atoms with Gasteiger partial charge in [0.25, 0.3) is 0 Å². The molecule has 0 saturated carbocycles. The van der Waals surface area contributed by atoms with Crippen molar-refractivity contribution in [2.24, 2.45) is 0 Å². The molecule has 0 radical (unpaired) electrons. The molecular formula is C25H24FN3O5. The summed E-state index contributed by atoms with van der Waals surface area (Å²) in [5, 5.41) is 8.97. The zero-order valence-electron chi connectivity index (χ0n) is 18.6. The van der Waals surface area contributed by atoms with E-state index in [1.165, 1.54) is 12.1 Å². The Morgan fingerprint density at radius 1 is 1.06 bits per heavy atom. The number of carbonyl (C=O) groups excluding carboxylic acids is 1. The number of piperazine rings is 1. The van der Waals surface area contributed by atoms with Crippen molar-refractivity contribution in [2.75, 3.05) is 33.3 Å². The van der Waals surface area contributed by atoms with E-state index in [4.69, 9.17) is 14.3 Å². The third-order valence-electron chi connectivity index (χ3n) is 5.64. The molecule has 1 aliphatic heterocycles. The Hall–Kier alpha value is -3.98. The molecular weight excluding hydrogens is 441 g/mol. The van der Waals surface area contributed by atoms with Crippen LogP contribution in [-0.2, 0) is 11.3 Å². The summed E-state index contributed by atoms with van der Waals surface area (Å²) in [5.41, 5.74) is 2.12. The van der Waals surface area contributed by atoms with Crippen molar-refractivity contribution < 1.29 is 28.2 Å². The lowest BCUT2D eigenvalue weighted by Crippen LogP contribution is -2.47. The fourth-order valence-corrected chi connectivity index (χ4v) is 3.75. The summed E-state index contributed by atoms with van der Waals surface area (Å²) >= 11 is 0. The van der Waals surface area contributed by atoms with E-state index >= 15 is 0 Å². The number of aromatic nitrogens is 1. The molecule has 0 aliphatic carbocycles. The number of hydrogen-bond donors (Lipinski definition) is 1. The molecule has 1 fully saturated rings. The number of methoxy groups -OCH3 is 1. The van der Waals surface area contributed by atoms with Gasteiger partial charge in [0, 0.05) is 32.3 Å². The van der Waals surface area contributed by atoms with E-state index in [1.54, 1.807) is 30.2 Å². The van der Waals surface area contributed by atoms with E-state index in [0.29, 0.717) is 49.9 Å². The molecule has 1 aromatic heterocycles. The summed E-state index contributed by atoms with van der Waals surface area (Å²) in [5.74, 6) is -0.590. The number of hydrogen-bond acceptors (Lipinski definition) is 6. The zero-order valence-corrected chi connectivity index (χ0v) is 18.6. The minimum absolute atomic E-state index is 0.124. The molecule has 34 heavy (non-hydrogen) atoms. The Morgan fingerprint density at radius 3 is 2.24 bits per heavy atom. The molecule has 0 atom stereocenters. The average Bonchev–Trinajstić information content (AvgIpc) is 3.32. The highest BCUT2D eigenvalue weighted by Gasteiger charge is 2.22. The maximum atomic E-state index is 13.5. The molecule has 1 aliphatic rings. The number of halogens is 1. The van der Waals surface area contributed by atoms with E-state index in [-0.39, 0.29) is 17.4 Å². The van der Waals surface area contributed by atoms with Crippen molar-refractivity contribution in [1.29, 1.82) is 0 Å². The summed E-state index contributed by atoms with van der Waals surface area (Å²) in [6, 6.07) is 13.4. The highest BCUT2D eigenvalue weighted by Crippen LogP contribution is 2.26. The SMILES string of the molecule is COc1ccc(C(=CC(=O)N2CCN(Cc3nc(C(=O)O)co3)CC2)c2ccc(F)cc2)cc1. The number of carbonyl (C=O) groups is 2. The number of aromatic carboxylic acids is 1. The monoisotopic (exact) mass is 465 g/mol. The number of ether oxygens (including phenoxy) is 1. The van der Waals surface area contributed by atoms with Crippen LogP contribution in [0, 0.1) is 5.82 Å². The van der Waals surface area contributed by atoms with Crippen LogP contribution in [0.5, 0.6) is 5.75 Å². The number of carboxylic acid groups (broad SMARTS) is 1. The minimum Gasteiger partial charge on any atom is -0.497 e. The Balaban J connectivity index is 1.46. The molecule has 3 aromatic rings. The largest absolute Gasteiger partial charge is 0.497 e. The van der Waals surface area contributed by atoms with Crippen molar-refractivity contribution in [3.05, 3.63) is 89.4 Å². The summed E-state index contributed by atoms with van der Waals surface area (Å²) < 4.78 is 23.9. The van der Waals surface area contributed by atoms with E-state index in [2.05, 4.69) is 9.88 Å². The quantitative estimate of drug-likeness (QED) is 0.535. The van der Waals surface area contributed by atoms with Gasteiger partial charge in [-0.3, -0.25) is 9.69 Å². The summed E-state index contributed by atoms with van der Waals surface area (Å²) in [4.78, 5) is 31.8. The van der Waals surface area contributed by atoms with Gasteiger partial charge in [-0.2, -0.15) is 0 Å². The standard InChI is InChI=1S/C25H24FN3O5/c1-33-20-8-4-18(5-9-20)21(17-2-6-19(26)7-3-17)14-24(30)29-12-10-28(11-13-29)15-23-27-22(16-34-23)25(31)32/h2-9,14,16H,10-13,15H2,1H3,(H,31,32). The fourth-order valence-electron chi connectivity index (χ4n) is 3.75. The highest BCUT2D eigenvalue weighted by atomic mass is 19.1. The Kier molecular flexibility index (Phi) is 7.03. The maximum Gasteiger partial charge on any atom is 0.357 e. The van der Waals surface area contributed by atoms with Crippen LogP contribution >= 0.6 is 0 Å². The second kappa shape index (κ2) is 10.3. The van der Waals surface area contributed by atoms with Crippen LogP contribution in [0.15, 0.2) is 65.3 Å². The molecule has 4 rings (SSSR count). The Morgan fingerprint density at radius 2 is 1.68 bits per heavy atom. The van der Waals surface area contributed by atoms with Crippen molar-refractivity contribution in [2.45, 2.75) is 6.54 Å². The number of rotatable bonds is 7. The van der Waals surface area contributed by atoms with Crippen LogP contribution in [0.1, 0.15) is 27.5 Å². The molecule has 2 heterocycles. The van der Waals surface area contributed by atoms with Crippen LogP contribution < -0.4 is 4.74 Å². The van der Waals surface area contributed by atoms with E-state index < -0.39 is 5.97 Å². The molecule has 0 bridgehead atoms. The van der Waals surface area contributed by atoms with Gasteiger partial charge in [0.15, 0.2) is 5.69 Å². The van der Waals surface area contributed by atoms with Gasteiger partial charge in [0.2, 0.25) is 11.8 Å². The van der Waals surface area contributed by atoms with Crippen molar-refractivity contribution in [1.82, 2.24) is 14.8 Å². The number of carboxylic acids is 1. The Labute approximate surface area is 195 Å². The fraction of sp³-hybridized carbons (Fsp3) is 0.240. The molecule has 1 N–H and O–H groups in total. The first-order chi connectivity index (χ1) is 16.4. The third-order valence-corrected chi connectivity index (χ3v) is 5.64. The molecule has 1 saturated heterocycles. The molecule has 0 unspecified atom stereocenters. The summed E-state index contributed by atoms with van der Waals surface area (Å²) in [6.45, 7) is 2.57. The van der Waals surface area contributed by atoms with E-state index in [0.717, 1.165) is 17.4 Å². The van der Waals surface area contributed by atoms with Gasteiger partial charge < -0.3 is 19.2 Å². The van der Waals surface area contributed by atoms with Gasteiger partial charge in [0.1, 0.15) is 17.8 Å². The van der Waals surface area contributed by atoms with Crippen molar-refractivity contribution in [3.63, 3.8) is 0 Å². The van der Waals surface area contributed by atoms with E-state index in [9.17, 15) is 14.0 Å². The van der Waals surface area contributed by atoms with Crippen molar-refractivity contribution in [3.8, 4) is 5.75 Å². The first-order valence-corrected chi connectivity index (χ1v) is 10.7. The first-order valence-electron chi connectivity index (χ1n) is 10.7. The normalized spacial score (nSPS) is 14.8. The second-order valence-electron chi connectivity index (χ2n) is 7.83. The van der Waals surface area contributed by atoms with Crippen molar-refractivity contribution >= 4 is 17.4 Å². The van der Waals surface area contributed by atoms with Crippen LogP contribution in [0.4, 0.5) is 4.39 Å². The third kappa shape index (κ3) is 5.49. The minimum atomic E-state index is -1.13. The van der Waals surface area contributed by atoms with Crippen LogP contribution in [0.3, 0.4) is 0 Å². The van der Waals surface area contributed by atoms with Gasteiger partial charge in [-0.05, 0) is 41.0 Å². The Bertz CT molecular complexity index is 1180. The first kappa shape index (κ1) is 23.2. The number of nitrogens with zero attached hydrogens (tertiary/aromatic N) is 3. The molecule has 9 heteroatoms. The van der Waals surface area contributed by atoms with Crippen LogP contribution in [0.25, 0.3) is 5.57 Å². The van der Waals surface area contributed by atoms with E-state index in [1.807, 2.05) is 24.3 Å². The predicted molar refractivity (Wildman–Crippen MR) is 122 cm³/mol.